The standard InChI is InChI=1S/C19H23ClN2O2/c1-14(15-8-6-9-17(20)11-15)21-19(23)13-22(2)12-16-7-4-5-10-18(16)24-3/h4-11,14H,12-13H2,1-3H3,(H,21,23). The zero-order valence-corrected chi connectivity index (χ0v) is 15.0. The molecule has 0 aliphatic heterocycles. The van der Waals surface area contributed by atoms with Crippen LogP contribution in [0.4, 0.5) is 0 Å². The van der Waals surface area contributed by atoms with Crippen LogP contribution in [0, 0.1) is 0 Å². The summed E-state index contributed by atoms with van der Waals surface area (Å²) >= 11 is 6.00. The first kappa shape index (κ1) is 18.3. The average molecular weight is 347 g/mol. The van der Waals surface area contributed by atoms with Crippen molar-refractivity contribution in [2.24, 2.45) is 0 Å². The van der Waals surface area contributed by atoms with E-state index in [4.69, 9.17) is 16.3 Å². The van der Waals surface area contributed by atoms with Crippen molar-refractivity contribution in [3.05, 3.63) is 64.7 Å². The second-order valence-corrected chi connectivity index (χ2v) is 6.26. The van der Waals surface area contributed by atoms with Crippen molar-refractivity contribution < 1.29 is 9.53 Å². The lowest BCUT2D eigenvalue weighted by molar-refractivity contribution is -0.122. The van der Waals surface area contributed by atoms with Gasteiger partial charge in [-0.2, -0.15) is 0 Å². The zero-order valence-electron chi connectivity index (χ0n) is 14.3. The number of hydrogen-bond acceptors (Lipinski definition) is 3. The lowest BCUT2D eigenvalue weighted by atomic mass is 10.1. The molecule has 0 aliphatic rings. The number of carbonyl (C=O) groups is 1. The number of likely N-dealkylation sites (N-methyl/N-ethyl adjacent to an activating group) is 1. The van der Waals surface area contributed by atoms with Crippen molar-refractivity contribution in [2.45, 2.75) is 19.5 Å². The van der Waals surface area contributed by atoms with E-state index in [1.807, 2.05) is 67.4 Å². The Balaban J connectivity index is 1.89. The molecule has 1 N–H and O–H groups in total. The Labute approximate surface area is 148 Å². The number of rotatable bonds is 7. The lowest BCUT2D eigenvalue weighted by Gasteiger charge is -2.20. The number of carbonyl (C=O) groups excluding carboxylic acids is 1. The predicted octanol–water partition coefficient (Wildman–Crippen LogP) is 3.66. The summed E-state index contributed by atoms with van der Waals surface area (Å²) in [6, 6.07) is 15.3. The van der Waals surface area contributed by atoms with Crippen molar-refractivity contribution in [2.75, 3.05) is 20.7 Å². The molecule has 1 amide bonds. The van der Waals surface area contributed by atoms with Gasteiger partial charge in [-0.25, -0.2) is 0 Å². The number of nitrogens with zero attached hydrogens (tertiary/aromatic N) is 1. The van der Waals surface area contributed by atoms with E-state index in [1.165, 1.54) is 0 Å². The number of benzene rings is 2. The molecule has 0 aromatic heterocycles. The maximum Gasteiger partial charge on any atom is 0.234 e. The first-order chi connectivity index (χ1) is 11.5. The number of para-hydroxylation sites is 1. The average Bonchev–Trinajstić information content (AvgIpc) is 2.55. The van der Waals surface area contributed by atoms with Gasteiger partial charge >= 0.3 is 0 Å². The topological polar surface area (TPSA) is 41.6 Å². The van der Waals surface area contributed by atoms with Crippen LogP contribution in [0.5, 0.6) is 5.75 Å². The molecule has 24 heavy (non-hydrogen) atoms. The third-order valence-electron chi connectivity index (χ3n) is 3.77. The Kier molecular flexibility index (Phi) is 6.64. The van der Waals surface area contributed by atoms with E-state index in [0.717, 1.165) is 16.9 Å². The van der Waals surface area contributed by atoms with E-state index < -0.39 is 0 Å². The molecular formula is C19H23ClN2O2. The first-order valence-electron chi connectivity index (χ1n) is 7.85. The summed E-state index contributed by atoms with van der Waals surface area (Å²) in [5, 5.41) is 3.67. The van der Waals surface area contributed by atoms with E-state index >= 15 is 0 Å². The van der Waals surface area contributed by atoms with E-state index in [1.54, 1.807) is 7.11 Å². The van der Waals surface area contributed by atoms with Crippen molar-refractivity contribution >= 4 is 17.5 Å². The second-order valence-electron chi connectivity index (χ2n) is 5.83. The van der Waals surface area contributed by atoms with E-state index in [2.05, 4.69) is 5.32 Å². The smallest absolute Gasteiger partial charge is 0.234 e. The molecule has 2 aromatic carbocycles. The summed E-state index contributed by atoms with van der Waals surface area (Å²) in [5.41, 5.74) is 2.04. The van der Waals surface area contributed by atoms with Crippen LogP contribution < -0.4 is 10.1 Å². The molecule has 0 radical (unpaired) electrons. The molecule has 128 valence electrons. The molecule has 0 aliphatic carbocycles. The van der Waals surface area contributed by atoms with Gasteiger partial charge in [0.05, 0.1) is 19.7 Å². The van der Waals surface area contributed by atoms with E-state index in [9.17, 15) is 4.79 Å². The molecule has 1 unspecified atom stereocenters. The van der Waals surface area contributed by atoms with E-state index in [0.29, 0.717) is 18.1 Å². The highest BCUT2D eigenvalue weighted by Crippen LogP contribution is 2.19. The molecule has 0 bridgehead atoms. The van der Waals surface area contributed by atoms with Crippen LogP contribution >= 0.6 is 11.6 Å². The molecule has 5 heteroatoms. The van der Waals surface area contributed by atoms with Crippen LogP contribution in [-0.2, 0) is 11.3 Å². The highest BCUT2D eigenvalue weighted by Gasteiger charge is 2.13. The predicted molar refractivity (Wildman–Crippen MR) is 97.3 cm³/mol. The number of hydrogen-bond donors (Lipinski definition) is 1. The fourth-order valence-corrected chi connectivity index (χ4v) is 2.77. The maximum atomic E-state index is 12.2. The van der Waals surface area contributed by atoms with Crippen LogP contribution in [0.1, 0.15) is 24.1 Å². The summed E-state index contributed by atoms with van der Waals surface area (Å²) in [4.78, 5) is 14.2. The SMILES string of the molecule is COc1ccccc1CN(C)CC(=O)NC(C)c1cccc(Cl)c1. The van der Waals surface area contributed by atoms with E-state index in [-0.39, 0.29) is 11.9 Å². The number of nitrogens with one attached hydrogen (secondary N) is 1. The number of ether oxygens (including phenoxy) is 1. The maximum absolute atomic E-state index is 12.2. The molecule has 0 fully saturated rings. The summed E-state index contributed by atoms with van der Waals surface area (Å²) in [7, 11) is 3.56. The minimum absolute atomic E-state index is 0.0279. The van der Waals surface area contributed by atoms with Gasteiger partial charge in [0.1, 0.15) is 5.75 Å². The summed E-state index contributed by atoms with van der Waals surface area (Å²) in [5.74, 6) is 0.803. The lowest BCUT2D eigenvalue weighted by Crippen LogP contribution is -2.36. The second kappa shape index (κ2) is 8.71. The highest BCUT2D eigenvalue weighted by molar-refractivity contribution is 6.30. The van der Waals surface area contributed by atoms with Crippen molar-refractivity contribution in [3.63, 3.8) is 0 Å². The molecule has 1 atom stereocenters. The largest absolute Gasteiger partial charge is 0.496 e. The van der Waals surface area contributed by atoms with Gasteiger partial charge in [0.15, 0.2) is 0 Å². The number of halogens is 1. The Hall–Kier alpha value is -2.04. The van der Waals surface area contributed by atoms with Crippen LogP contribution in [0.25, 0.3) is 0 Å². The molecular weight excluding hydrogens is 324 g/mol. The van der Waals surface area contributed by atoms with Crippen LogP contribution in [-0.4, -0.2) is 31.5 Å². The number of amides is 1. The first-order valence-corrected chi connectivity index (χ1v) is 8.22. The van der Waals surface area contributed by atoms with Gasteiger partial charge in [-0.05, 0) is 37.7 Å². The van der Waals surface area contributed by atoms with Gasteiger partial charge in [0.2, 0.25) is 5.91 Å². The third kappa shape index (κ3) is 5.25. The van der Waals surface area contributed by atoms with Gasteiger partial charge in [-0.3, -0.25) is 9.69 Å². The zero-order chi connectivity index (χ0) is 17.5. The Morgan fingerprint density at radius 3 is 2.71 bits per heavy atom. The molecule has 2 rings (SSSR count). The van der Waals surface area contributed by atoms with Gasteiger partial charge in [-0.1, -0.05) is 41.9 Å². The molecule has 0 heterocycles. The number of methoxy groups -OCH3 is 1. The summed E-state index contributed by atoms with van der Waals surface area (Å²) < 4.78 is 5.35. The molecule has 0 saturated heterocycles. The Morgan fingerprint density at radius 2 is 2.00 bits per heavy atom. The minimum atomic E-state index is -0.0872. The van der Waals surface area contributed by atoms with Crippen LogP contribution in [0.15, 0.2) is 48.5 Å². The Morgan fingerprint density at radius 1 is 1.25 bits per heavy atom. The van der Waals surface area contributed by atoms with Gasteiger partial charge in [-0.15, -0.1) is 0 Å². The molecule has 2 aromatic rings. The van der Waals surface area contributed by atoms with Crippen molar-refractivity contribution in [1.82, 2.24) is 10.2 Å². The van der Waals surface area contributed by atoms with Crippen LogP contribution in [0.2, 0.25) is 5.02 Å². The van der Waals surface area contributed by atoms with Gasteiger partial charge < -0.3 is 10.1 Å². The summed E-state index contributed by atoms with van der Waals surface area (Å²) in [6.07, 6.45) is 0. The van der Waals surface area contributed by atoms with Crippen molar-refractivity contribution in [1.29, 1.82) is 0 Å². The molecule has 0 saturated carbocycles. The fraction of sp³-hybridized carbons (Fsp3) is 0.316. The van der Waals surface area contributed by atoms with Crippen molar-refractivity contribution in [3.8, 4) is 5.75 Å². The minimum Gasteiger partial charge on any atom is -0.496 e. The normalized spacial score (nSPS) is 12.0. The fourth-order valence-electron chi connectivity index (χ4n) is 2.57. The quantitative estimate of drug-likeness (QED) is 0.832. The van der Waals surface area contributed by atoms with Gasteiger partial charge in [0.25, 0.3) is 0 Å². The summed E-state index contributed by atoms with van der Waals surface area (Å²) in [6.45, 7) is 2.90. The molecule has 4 nitrogen and oxygen atoms in total. The highest BCUT2D eigenvalue weighted by atomic mass is 35.5. The third-order valence-corrected chi connectivity index (χ3v) is 4.01. The monoisotopic (exact) mass is 346 g/mol. The molecule has 0 spiro atoms. The van der Waals surface area contributed by atoms with Crippen LogP contribution in [0.3, 0.4) is 0 Å². The van der Waals surface area contributed by atoms with Gasteiger partial charge in [0, 0.05) is 17.1 Å². The Bertz CT molecular complexity index is 691.